The van der Waals surface area contributed by atoms with E-state index in [0.717, 1.165) is 83.5 Å². The van der Waals surface area contributed by atoms with Crippen molar-refractivity contribution in [3.63, 3.8) is 0 Å². The highest BCUT2D eigenvalue weighted by molar-refractivity contribution is 6.03. The van der Waals surface area contributed by atoms with E-state index in [1.54, 1.807) is 0 Å². The molecule has 0 atom stereocenters. The summed E-state index contributed by atoms with van der Waals surface area (Å²) in [5.74, 6) is 1.84. The van der Waals surface area contributed by atoms with Crippen LogP contribution in [0.15, 0.2) is 309 Å². The number of benzene rings is 14. The van der Waals surface area contributed by atoms with Gasteiger partial charge in [-0.05, 0) is 148 Å². The summed E-state index contributed by atoms with van der Waals surface area (Å²) >= 11 is 0. The molecule has 18 rings (SSSR count). The average Bonchev–Trinajstić information content (AvgIpc) is 1.54. The van der Waals surface area contributed by atoms with Gasteiger partial charge in [0.05, 0.1) is 16.5 Å². The van der Waals surface area contributed by atoms with Crippen LogP contribution in [-0.4, -0.2) is 0 Å². The van der Waals surface area contributed by atoms with E-state index in [9.17, 15) is 0 Å². The number of hydrogen-bond donors (Lipinski definition) is 0. The molecule has 14 aromatic carbocycles. The van der Waals surface area contributed by atoms with E-state index in [4.69, 9.17) is 4.74 Å². The molecule has 0 aromatic heterocycles. The molecule has 1 heterocycles. The minimum atomic E-state index is -0.655. The van der Waals surface area contributed by atoms with E-state index in [-0.39, 0.29) is 0 Å². The summed E-state index contributed by atoms with van der Waals surface area (Å²) in [7, 11) is 0. The number of nitrogens with zero attached hydrogens (tertiary/aromatic N) is 1. The van der Waals surface area contributed by atoms with Gasteiger partial charge in [-0.2, -0.15) is 0 Å². The summed E-state index contributed by atoms with van der Waals surface area (Å²) in [4.78, 5) is 2.53. The third kappa shape index (κ3) is 6.40. The van der Waals surface area contributed by atoms with Crippen molar-refractivity contribution in [3.8, 4) is 78.3 Å². The van der Waals surface area contributed by atoms with Gasteiger partial charge in [0, 0.05) is 38.8 Å². The SMILES string of the molecule is c1ccc(-c2cc(-c3ccccc3)cc(N(c3ccc(-c4ccc5c(c4)C4(c6ccccc6-5)c5ccc6ccccc6c5Oc5c4ccc4ccccc54)cc3)c3cccc4c3-c3ccccc3C43c4ccccc4-c4ccccc43)c2)cc1. The standard InChI is InChI=1S/C82H51NO/c1-3-20-52(21-4-1)58-48-59(53-22-5-2-6-23-53)50-61(49-58)83(77-37-19-36-73-78(77)68-31-14-18-35-72(68)81(73)69-32-15-11-28-64(69)65-29-12-16-33-70(65)81)60-43-38-54(39-44-60)57-40-45-67-66-30-13-17-34-71(66)82(76(67)51-57)74-46-41-55-24-7-9-26-62(55)79(74)84-80-63-27-10-8-25-56(63)42-47-75(80)82/h1-51H. The first-order valence-electron chi connectivity index (χ1n) is 29.2. The van der Waals surface area contributed by atoms with Crippen LogP contribution in [0.1, 0.15) is 44.5 Å². The van der Waals surface area contributed by atoms with E-state index in [0.29, 0.717) is 0 Å². The van der Waals surface area contributed by atoms with Gasteiger partial charge in [0.15, 0.2) is 0 Å². The first-order chi connectivity index (χ1) is 41.7. The summed E-state index contributed by atoms with van der Waals surface area (Å²) < 4.78 is 7.31. The Kier molecular flexibility index (Phi) is 9.97. The lowest BCUT2D eigenvalue weighted by Crippen LogP contribution is -2.32. The molecule has 2 nitrogen and oxygen atoms in total. The number of fused-ring (bicyclic) bond motifs is 23. The normalized spacial score (nSPS) is 13.8. The van der Waals surface area contributed by atoms with Crippen molar-refractivity contribution in [2.24, 2.45) is 0 Å². The maximum atomic E-state index is 7.31. The van der Waals surface area contributed by atoms with Gasteiger partial charge in [-0.15, -0.1) is 0 Å². The van der Waals surface area contributed by atoms with Crippen molar-refractivity contribution in [1.82, 2.24) is 0 Å². The van der Waals surface area contributed by atoms with Gasteiger partial charge >= 0.3 is 0 Å². The van der Waals surface area contributed by atoms with E-state index < -0.39 is 10.8 Å². The molecule has 0 fully saturated rings. The highest BCUT2D eigenvalue weighted by atomic mass is 16.5. The van der Waals surface area contributed by atoms with Gasteiger partial charge in [-0.25, -0.2) is 0 Å². The van der Waals surface area contributed by atoms with Crippen LogP contribution in [0, 0.1) is 0 Å². The molecule has 84 heavy (non-hydrogen) atoms. The van der Waals surface area contributed by atoms with E-state index in [2.05, 4.69) is 314 Å². The Morgan fingerprint density at radius 3 is 1.23 bits per heavy atom. The Labute approximate surface area is 488 Å². The minimum Gasteiger partial charge on any atom is -0.455 e. The smallest absolute Gasteiger partial charge is 0.140 e. The molecule has 4 aliphatic rings. The lowest BCUT2D eigenvalue weighted by Gasteiger charge is -2.40. The van der Waals surface area contributed by atoms with Crippen molar-refractivity contribution < 1.29 is 4.74 Å². The largest absolute Gasteiger partial charge is 0.455 e. The molecule has 0 bridgehead atoms. The fourth-order valence-corrected chi connectivity index (χ4v) is 15.5. The van der Waals surface area contributed by atoms with Crippen molar-refractivity contribution in [2.75, 3.05) is 4.90 Å². The first kappa shape index (κ1) is 46.9. The zero-order valence-electron chi connectivity index (χ0n) is 45.8. The predicted molar refractivity (Wildman–Crippen MR) is 346 cm³/mol. The molecule has 0 amide bonds. The van der Waals surface area contributed by atoms with Gasteiger partial charge in [-0.1, -0.05) is 267 Å². The van der Waals surface area contributed by atoms with Gasteiger partial charge in [0.25, 0.3) is 0 Å². The Morgan fingerprint density at radius 1 is 0.238 bits per heavy atom. The molecule has 0 radical (unpaired) electrons. The highest BCUT2D eigenvalue weighted by Crippen LogP contribution is 2.66. The van der Waals surface area contributed by atoms with Gasteiger partial charge in [-0.3, -0.25) is 0 Å². The lowest BCUT2D eigenvalue weighted by atomic mass is 9.65. The van der Waals surface area contributed by atoms with E-state index >= 15 is 0 Å². The highest BCUT2D eigenvalue weighted by Gasteiger charge is 2.54. The van der Waals surface area contributed by atoms with Crippen molar-refractivity contribution in [3.05, 3.63) is 354 Å². The molecule has 390 valence electrons. The fraction of sp³-hybridized carbons (Fsp3) is 0.0244. The van der Waals surface area contributed by atoms with Crippen LogP contribution in [-0.2, 0) is 10.8 Å². The Morgan fingerprint density at radius 2 is 0.667 bits per heavy atom. The average molecular weight is 1070 g/mol. The zero-order valence-corrected chi connectivity index (χ0v) is 45.8. The van der Waals surface area contributed by atoms with Crippen LogP contribution >= 0.6 is 0 Å². The second-order valence-electron chi connectivity index (χ2n) is 23.0. The molecular formula is C82H51NO. The molecule has 0 saturated carbocycles. The van der Waals surface area contributed by atoms with Crippen LogP contribution in [0.4, 0.5) is 17.1 Å². The van der Waals surface area contributed by atoms with Gasteiger partial charge in [0.1, 0.15) is 11.5 Å². The predicted octanol–water partition coefficient (Wildman–Crippen LogP) is 21.3. The Bertz CT molecular complexity index is 4870. The molecule has 14 aromatic rings. The third-order valence-corrected chi connectivity index (χ3v) is 18.9. The zero-order chi connectivity index (χ0) is 55.1. The molecule has 0 N–H and O–H groups in total. The van der Waals surface area contributed by atoms with Crippen LogP contribution in [0.25, 0.3) is 88.3 Å². The van der Waals surface area contributed by atoms with E-state index in [1.165, 1.54) is 77.9 Å². The molecular weight excluding hydrogens is 1010 g/mol. The molecule has 3 aliphatic carbocycles. The maximum absolute atomic E-state index is 7.31. The second kappa shape index (κ2) is 17.8. The summed E-state index contributed by atoms with van der Waals surface area (Å²) in [5.41, 5.74) is 26.8. The van der Waals surface area contributed by atoms with Crippen molar-refractivity contribution in [2.45, 2.75) is 10.8 Å². The van der Waals surface area contributed by atoms with Gasteiger partial charge < -0.3 is 9.64 Å². The summed E-state index contributed by atoms with van der Waals surface area (Å²) in [6.07, 6.45) is 0. The summed E-state index contributed by atoms with van der Waals surface area (Å²) in [6, 6.07) is 115. The van der Waals surface area contributed by atoms with Crippen LogP contribution in [0.5, 0.6) is 11.5 Å². The van der Waals surface area contributed by atoms with Crippen molar-refractivity contribution >= 4 is 38.6 Å². The third-order valence-electron chi connectivity index (χ3n) is 18.9. The molecule has 0 saturated heterocycles. The minimum absolute atomic E-state index is 0.498. The van der Waals surface area contributed by atoms with E-state index in [1.807, 2.05) is 0 Å². The quantitative estimate of drug-likeness (QED) is 0.165. The Hall–Kier alpha value is -10.8. The first-order valence-corrected chi connectivity index (χ1v) is 29.2. The van der Waals surface area contributed by atoms with Crippen LogP contribution in [0.2, 0.25) is 0 Å². The second-order valence-corrected chi connectivity index (χ2v) is 23.0. The number of rotatable bonds is 6. The number of hydrogen-bond acceptors (Lipinski definition) is 2. The fourth-order valence-electron chi connectivity index (χ4n) is 15.5. The van der Waals surface area contributed by atoms with Crippen LogP contribution in [0.3, 0.4) is 0 Å². The summed E-state index contributed by atoms with van der Waals surface area (Å²) in [5, 5.41) is 4.54. The van der Waals surface area contributed by atoms with Gasteiger partial charge in [0.2, 0.25) is 0 Å². The Balaban J connectivity index is 0.859. The number of anilines is 3. The maximum Gasteiger partial charge on any atom is 0.140 e. The monoisotopic (exact) mass is 1070 g/mol. The topological polar surface area (TPSA) is 12.5 Å². The molecule has 2 heteroatoms. The number of ether oxygens (including phenoxy) is 1. The molecule has 2 spiro atoms. The molecule has 1 aliphatic heterocycles. The lowest BCUT2D eigenvalue weighted by molar-refractivity contribution is 0.447. The molecule has 0 unspecified atom stereocenters. The summed E-state index contributed by atoms with van der Waals surface area (Å²) in [6.45, 7) is 0. The van der Waals surface area contributed by atoms with Crippen molar-refractivity contribution in [1.29, 1.82) is 0 Å². The van der Waals surface area contributed by atoms with Crippen LogP contribution < -0.4 is 9.64 Å².